The third-order valence-corrected chi connectivity index (χ3v) is 14.1. The van der Waals surface area contributed by atoms with Crippen molar-refractivity contribution in [2.45, 2.75) is 244 Å². The Morgan fingerprint density at radius 1 is 0.144 bits per heavy atom. The van der Waals surface area contributed by atoms with Gasteiger partial charge in [0.2, 0.25) is 0 Å². The van der Waals surface area contributed by atoms with Crippen LogP contribution in [0.5, 0.6) is 0 Å². The zero-order valence-electron chi connectivity index (χ0n) is 65.6. The van der Waals surface area contributed by atoms with Crippen LogP contribution in [0.3, 0.4) is 0 Å². The van der Waals surface area contributed by atoms with E-state index in [0.29, 0.717) is 0 Å². The van der Waals surface area contributed by atoms with E-state index in [4.69, 9.17) is 240 Å². The van der Waals surface area contributed by atoms with Gasteiger partial charge in [0.1, 0.15) is 201 Å². The number of hydrogen-bond acceptors (Lipinski definition) is 63. The first-order valence-corrected chi connectivity index (χ1v) is 33.1. The number of carbonyl (C=O) groups is 20. The minimum Gasteiger partial charge on any atom is -0.547 e. The fourth-order valence-electron chi connectivity index (χ4n) is 6.13. The average molecular weight is 2040 g/mol. The van der Waals surface area contributed by atoms with E-state index in [1.165, 1.54) is 0 Å². The SMILES string of the molecule is O=C[C@H](O)[C@@H](O)[C@@H](O)[C@H](O)C(=O)O.O=C[C@H](O)[C@@H](O)[C@@H](O)[C@H](O)C(=O)O.O=C[C@H](O)[C@@H](O)[C@@H](O)[C@H](O)C(=O)O.O=C[C@H](O)[C@@H](O)[C@@H](O)[C@H](O)C(=O)O.O=C[C@H](O)[C@@H](O)[C@@H](O)[C@H](O)C(=O)O.O=C[C@H](O)[C@@H](O)[C@@H](O)[C@H](O)C(=O)O.O=C[C@H](O)[C@@H](O)[C@@H](O)[C@H](O)C(=O)O.O=C[C@H](O)[C@@H](O)[C@@H](O)[C@H](O)C(=O)[O-].O=C[C@H](O)[C@@H](O)[C@@H](O)[C@H](O)C(=O)[O-].O=C[C@H](O)[C@@H](O)[C@@H](O)[C@H](O)C(=O)[O-].[Cu+2].[K+]. The zero-order valence-corrected chi connectivity index (χ0v) is 69.6. The molecule has 0 amide bonds. The van der Waals surface area contributed by atoms with Crippen molar-refractivity contribution in [1.29, 1.82) is 0 Å². The maximum Gasteiger partial charge on any atom is 2.00 e. The smallest absolute Gasteiger partial charge is 0.547 e. The number of rotatable bonds is 50. The number of aliphatic hydroxyl groups is 40. The Bertz CT molecular complexity index is 2630. The molecule has 0 bridgehead atoms. The topological polar surface area (TPSA) is 1360 Å². The summed E-state index contributed by atoms with van der Waals surface area (Å²) in [5, 5.41) is 437. The van der Waals surface area contributed by atoms with Gasteiger partial charge in [-0.3, -0.25) is 0 Å². The molecule has 0 saturated carbocycles. The fraction of sp³-hybridized carbons (Fsp3) is 0.667. The molecule has 0 saturated heterocycles. The summed E-state index contributed by atoms with van der Waals surface area (Å²) in [6, 6.07) is 0. The maximum absolute atomic E-state index is 10.1. The summed E-state index contributed by atoms with van der Waals surface area (Å²) in [7, 11) is 0. The van der Waals surface area contributed by atoms with Gasteiger partial charge in [-0.1, -0.05) is 0 Å². The molecule has 132 heavy (non-hydrogen) atoms. The van der Waals surface area contributed by atoms with Gasteiger partial charge in [-0.25, -0.2) is 33.6 Å². The summed E-state index contributed by atoms with van der Waals surface area (Å²) in [4.78, 5) is 199. The molecule has 0 fully saturated rings. The summed E-state index contributed by atoms with van der Waals surface area (Å²) in [6.45, 7) is 0. The maximum atomic E-state index is 10.1. The van der Waals surface area contributed by atoms with E-state index < -0.39 is 304 Å². The Kier molecular flexibility index (Phi) is 89.7. The average Bonchev–Trinajstić information content (AvgIpc) is 0.955. The standard InChI is InChI=1S/10C6H10O7.Cu.K/c10*7-1-2(8)3(9)4(10)5(11)6(12)13;;/h10*1-5,8-11H,(H,12,13);;/q;;;;;;;;;;+2;+1/p-3/t10*2-,3+,4+,5-;;/m0000000000../s1. The van der Waals surface area contributed by atoms with Crippen LogP contribution in [0.2, 0.25) is 0 Å². The number of hydrogen-bond donors (Lipinski definition) is 47. The van der Waals surface area contributed by atoms with Gasteiger partial charge in [0.15, 0.2) is 106 Å². The molecule has 70 nitrogen and oxygen atoms in total. The fourth-order valence-corrected chi connectivity index (χ4v) is 6.13. The van der Waals surface area contributed by atoms with Crippen molar-refractivity contribution in [3.8, 4) is 0 Å². The Balaban J connectivity index is -0.000000121. The number of aldehydes is 10. The van der Waals surface area contributed by atoms with Crippen LogP contribution < -0.4 is 66.7 Å². The van der Waals surface area contributed by atoms with Gasteiger partial charge >= 0.3 is 110 Å². The third kappa shape index (κ3) is 60.3. The van der Waals surface area contributed by atoms with E-state index in [2.05, 4.69) is 0 Å². The van der Waals surface area contributed by atoms with Crippen LogP contribution in [-0.2, 0) is 113 Å². The van der Waals surface area contributed by atoms with Gasteiger partial charge in [0.05, 0.1) is 17.9 Å². The van der Waals surface area contributed by atoms with Crippen LogP contribution in [0.1, 0.15) is 0 Å². The van der Waals surface area contributed by atoms with Crippen molar-refractivity contribution in [3.63, 3.8) is 0 Å². The summed E-state index contributed by atoms with van der Waals surface area (Å²) in [6.07, 6.45) is -84.7. The number of carboxylic acids is 10. The predicted octanol–water partition coefficient (Wildman–Crippen LogP) is -39.9. The number of aliphatic hydroxyl groups excluding tert-OH is 40. The second kappa shape index (κ2) is 79.2. The first kappa shape index (κ1) is 150. The van der Waals surface area contributed by atoms with E-state index in [-0.39, 0.29) is 131 Å². The van der Waals surface area contributed by atoms with Gasteiger partial charge < -0.3 is 318 Å². The molecule has 0 aromatic heterocycles. The molecule has 1 radical (unpaired) electrons. The molecular weight excluding hydrogens is 1940 g/mol. The Labute approximate surface area is 782 Å². The Morgan fingerprint density at radius 2 is 0.205 bits per heavy atom. The molecule has 0 heterocycles. The molecule has 769 valence electrons. The monoisotopic (exact) mass is 2040 g/mol. The van der Waals surface area contributed by atoms with Crippen LogP contribution in [0.25, 0.3) is 0 Å². The van der Waals surface area contributed by atoms with E-state index in [9.17, 15) is 111 Å². The summed E-state index contributed by atoms with van der Waals surface area (Å²) in [5.41, 5.74) is 0. The quantitative estimate of drug-likeness (QED) is 0.0199. The molecule has 0 rings (SSSR count). The van der Waals surface area contributed by atoms with Crippen molar-refractivity contribution in [2.75, 3.05) is 0 Å². The predicted molar refractivity (Wildman–Crippen MR) is 369 cm³/mol. The van der Waals surface area contributed by atoms with Crippen LogP contribution in [0.15, 0.2) is 0 Å². The minimum absolute atomic E-state index is 0. The van der Waals surface area contributed by atoms with Gasteiger partial charge in [-0.15, -0.1) is 0 Å². The molecule has 0 aliphatic rings. The van der Waals surface area contributed by atoms with E-state index in [1.54, 1.807) is 0 Å². The molecule has 0 aliphatic carbocycles. The molecule has 0 aromatic rings. The largest absolute Gasteiger partial charge is 2.00 e. The second-order valence-electron chi connectivity index (χ2n) is 23.9. The van der Waals surface area contributed by atoms with Crippen LogP contribution in [0, 0.1) is 0 Å². The van der Waals surface area contributed by atoms with Crippen molar-refractivity contribution in [2.24, 2.45) is 0 Å². The summed E-state index contributed by atoms with van der Waals surface area (Å²) >= 11 is 0. The van der Waals surface area contributed by atoms with Crippen molar-refractivity contribution >= 4 is 123 Å². The summed E-state index contributed by atoms with van der Waals surface area (Å²) in [5.74, 6) is -18.3. The second-order valence-corrected chi connectivity index (χ2v) is 23.9. The molecule has 0 spiro atoms. The molecule has 72 heteroatoms. The van der Waals surface area contributed by atoms with E-state index in [0.717, 1.165) is 0 Å². The number of aliphatic carboxylic acids is 10. The molecular formula is C60H97CuKO70. The van der Waals surface area contributed by atoms with Gasteiger partial charge in [0.25, 0.3) is 0 Å². The van der Waals surface area contributed by atoms with Crippen LogP contribution in [0.4, 0.5) is 0 Å². The first-order valence-electron chi connectivity index (χ1n) is 33.1. The Hall–Kier alpha value is -8.04. The first-order chi connectivity index (χ1) is 59.1. The normalized spacial score (nSPS) is 19.7. The van der Waals surface area contributed by atoms with Crippen LogP contribution in [-0.4, -0.2) is 607 Å². The van der Waals surface area contributed by atoms with E-state index >= 15 is 0 Å². The minimum atomic E-state index is -2.36. The number of carboxylic acid groups (broad SMARTS) is 10. The van der Waals surface area contributed by atoms with Gasteiger partial charge in [0, 0.05) is 0 Å². The van der Waals surface area contributed by atoms with Crippen molar-refractivity contribution in [3.05, 3.63) is 0 Å². The molecule has 0 aliphatic heterocycles. The third-order valence-electron chi connectivity index (χ3n) is 14.1. The molecule has 47 N–H and O–H groups in total. The summed E-state index contributed by atoms with van der Waals surface area (Å²) < 4.78 is 0. The molecule has 40 atom stereocenters. The molecule has 0 unspecified atom stereocenters. The zero-order chi connectivity index (χ0) is 106. The van der Waals surface area contributed by atoms with E-state index in [1.807, 2.05) is 0 Å². The number of carbonyl (C=O) groups excluding carboxylic acids is 13. The Morgan fingerprint density at radius 3 is 0.250 bits per heavy atom. The van der Waals surface area contributed by atoms with Crippen LogP contribution >= 0.6 is 0 Å². The molecule has 0 aromatic carbocycles. The van der Waals surface area contributed by atoms with Gasteiger partial charge in [-0.05, 0) is 0 Å². The van der Waals surface area contributed by atoms with Crippen molar-refractivity contribution in [1.82, 2.24) is 0 Å². The van der Waals surface area contributed by atoms with Gasteiger partial charge in [-0.2, -0.15) is 0 Å². The van der Waals surface area contributed by atoms with Crippen molar-refractivity contribution < 1.29 is 420 Å².